The minimum absolute atomic E-state index is 0.0140. The number of ketones is 2. The van der Waals surface area contributed by atoms with Gasteiger partial charge in [0.1, 0.15) is 9.79 Å². The molecule has 0 aliphatic carbocycles. The number of carbonyl (C=O) groups is 2. The molecule has 0 aliphatic heterocycles. The van der Waals surface area contributed by atoms with Crippen molar-refractivity contribution in [2.75, 3.05) is 0 Å². The first-order chi connectivity index (χ1) is 28.0. The third-order valence-electron chi connectivity index (χ3n) is 8.49. The number of primary sulfonamides is 2. The summed E-state index contributed by atoms with van der Waals surface area (Å²) >= 11 is 14.9. The highest BCUT2D eigenvalue weighted by Crippen LogP contribution is 2.31. The summed E-state index contributed by atoms with van der Waals surface area (Å²) in [6, 6.07) is 32.5. The van der Waals surface area contributed by atoms with Crippen LogP contribution >= 0.6 is 39.1 Å². The molecule has 0 bridgehead atoms. The zero-order chi connectivity index (χ0) is 44.6. The Kier molecular flexibility index (Phi) is 16.2. The van der Waals surface area contributed by atoms with Gasteiger partial charge in [0, 0.05) is 26.7 Å². The molecule has 19 heteroatoms. The van der Waals surface area contributed by atoms with Gasteiger partial charge in [-0.3, -0.25) is 9.59 Å². The van der Waals surface area contributed by atoms with Gasteiger partial charge in [-0.05, 0) is 101 Å². The molecule has 6 rings (SSSR count). The summed E-state index contributed by atoms with van der Waals surface area (Å²) in [4.78, 5) is 24.3. The van der Waals surface area contributed by atoms with Gasteiger partial charge in [0.2, 0.25) is 20.0 Å². The number of halogens is 6. The van der Waals surface area contributed by atoms with Gasteiger partial charge in [-0.2, -0.15) is 13.2 Å². The summed E-state index contributed by atoms with van der Waals surface area (Å²) in [5, 5.41) is 27.5. The van der Waals surface area contributed by atoms with Crippen LogP contribution in [0.3, 0.4) is 0 Å². The van der Waals surface area contributed by atoms with Crippen molar-refractivity contribution in [3.8, 4) is 11.1 Å². The van der Waals surface area contributed by atoms with Crippen molar-refractivity contribution in [1.29, 1.82) is 0 Å². The highest BCUT2D eigenvalue weighted by atomic mass is 79.9. The first kappa shape index (κ1) is 48.0. The fourth-order valence-corrected chi connectivity index (χ4v) is 7.66. The van der Waals surface area contributed by atoms with E-state index < -0.39 is 44.7 Å². The predicted molar refractivity (Wildman–Crippen MR) is 229 cm³/mol. The Morgan fingerprint density at radius 3 is 1.33 bits per heavy atom. The topological polar surface area (TPSA) is 195 Å². The van der Waals surface area contributed by atoms with Crippen LogP contribution in [0.15, 0.2) is 148 Å². The largest absolute Gasteiger partial charge is 0.488 e. The normalized spacial score (nSPS) is 11.4. The number of benzene rings is 6. The van der Waals surface area contributed by atoms with Crippen LogP contribution < -0.4 is 15.7 Å². The fraction of sp³-hybridized carbons (Fsp3) is 0.0732. The van der Waals surface area contributed by atoms with Crippen LogP contribution in [-0.2, 0) is 32.6 Å². The van der Waals surface area contributed by atoms with E-state index in [0.29, 0.717) is 22.2 Å². The van der Waals surface area contributed by atoms with Gasteiger partial charge in [-0.25, -0.2) is 27.1 Å². The number of hydrogen-bond donors (Lipinski definition) is 4. The maximum atomic E-state index is 12.7. The second kappa shape index (κ2) is 20.3. The SMILES string of the molecule is CCc1ccc(B(O)O)cc1.NS(=O)(=O)c1cc(C(=O)c2ccc(-c3ccc(C(F)(F)F)cc3)cc2)ccc1Cl.NS(=O)(=O)c1cc(C(=O)c2ccc(Br)cc2)ccc1Cl. The molecule has 0 aliphatic rings. The van der Waals surface area contributed by atoms with Gasteiger partial charge < -0.3 is 10.0 Å². The molecular weight excluding hydrogens is 931 g/mol. The van der Waals surface area contributed by atoms with Gasteiger partial charge in [0.25, 0.3) is 0 Å². The molecule has 60 heavy (non-hydrogen) atoms. The van der Waals surface area contributed by atoms with Crippen molar-refractivity contribution >= 4 is 83.3 Å². The van der Waals surface area contributed by atoms with Crippen LogP contribution in [0.4, 0.5) is 13.2 Å². The number of sulfonamides is 2. The Labute approximate surface area is 363 Å². The molecule has 6 aromatic rings. The van der Waals surface area contributed by atoms with E-state index in [1.54, 1.807) is 48.5 Å². The number of carbonyl (C=O) groups excluding carboxylic acids is 2. The summed E-state index contributed by atoms with van der Waals surface area (Å²) in [6.07, 6.45) is -3.44. The van der Waals surface area contributed by atoms with Crippen molar-refractivity contribution < 1.29 is 49.6 Å². The zero-order valence-electron chi connectivity index (χ0n) is 31.1. The minimum atomic E-state index is -4.41. The van der Waals surface area contributed by atoms with E-state index in [4.69, 9.17) is 43.5 Å². The van der Waals surface area contributed by atoms with Crippen molar-refractivity contribution in [1.82, 2.24) is 0 Å². The average molecular weight is 964 g/mol. The molecular formula is C41H33BBrCl2F3N2O8S2. The third-order valence-corrected chi connectivity index (χ3v) is 11.8. The number of alkyl halides is 3. The van der Waals surface area contributed by atoms with E-state index in [-0.39, 0.29) is 42.3 Å². The molecule has 0 saturated heterocycles. The molecule has 0 radical (unpaired) electrons. The van der Waals surface area contributed by atoms with Gasteiger partial charge in [-0.1, -0.05) is 107 Å². The molecule has 0 saturated carbocycles. The Morgan fingerprint density at radius 2 is 0.983 bits per heavy atom. The van der Waals surface area contributed by atoms with Gasteiger partial charge in [0.05, 0.1) is 15.6 Å². The Bertz CT molecular complexity index is 2710. The number of hydrogen-bond acceptors (Lipinski definition) is 8. The highest BCUT2D eigenvalue weighted by Gasteiger charge is 2.30. The van der Waals surface area contributed by atoms with Crippen molar-refractivity contribution in [3.63, 3.8) is 0 Å². The zero-order valence-corrected chi connectivity index (χ0v) is 35.8. The summed E-state index contributed by atoms with van der Waals surface area (Å²) in [6.45, 7) is 2.06. The molecule has 0 spiro atoms. The smallest absolute Gasteiger partial charge is 0.423 e. The molecule has 0 amide bonds. The van der Waals surface area contributed by atoms with E-state index in [1.807, 2.05) is 12.1 Å². The van der Waals surface area contributed by atoms with Crippen molar-refractivity contribution in [3.05, 3.63) is 181 Å². The lowest BCUT2D eigenvalue weighted by molar-refractivity contribution is -0.137. The van der Waals surface area contributed by atoms with Crippen LogP contribution in [0.1, 0.15) is 49.9 Å². The molecule has 0 unspecified atom stereocenters. The summed E-state index contributed by atoms with van der Waals surface area (Å²) in [5.41, 5.74) is 3.18. The molecule has 0 atom stereocenters. The lowest BCUT2D eigenvalue weighted by Crippen LogP contribution is -2.29. The Balaban J connectivity index is 0.000000220. The fourth-order valence-electron chi connectivity index (χ4n) is 5.25. The lowest BCUT2D eigenvalue weighted by atomic mass is 9.80. The molecule has 6 aromatic carbocycles. The van der Waals surface area contributed by atoms with Crippen LogP contribution in [0.5, 0.6) is 0 Å². The predicted octanol–water partition coefficient (Wildman–Crippen LogP) is 7.81. The average Bonchev–Trinajstić information content (AvgIpc) is 3.20. The molecule has 0 heterocycles. The van der Waals surface area contributed by atoms with Crippen molar-refractivity contribution in [2.45, 2.75) is 29.3 Å². The van der Waals surface area contributed by atoms with E-state index in [9.17, 15) is 39.6 Å². The molecule has 6 N–H and O–H groups in total. The molecule has 10 nitrogen and oxygen atoms in total. The highest BCUT2D eigenvalue weighted by molar-refractivity contribution is 9.10. The molecule has 0 aromatic heterocycles. The summed E-state index contributed by atoms with van der Waals surface area (Å²) in [5.74, 6) is -0.760. The maximum absolute atomic E-state index is 12.7. The van der Waals surface area contributed by atoms with E-state index in [1.165, 1.54) is 60.2 Å². The Hall–Kier alpha value is -4.69. The van der Waals surface area contributed by atoms with Crippen molar-refractivity contribution in [2.24, 2.45) is 10.3 Å². The minimum Gasteiger partial charge on any atom is -0.423 e. The molecule has 0 fully saturated rings. The van der Waals surface area contributed by atoms with E-state index in [2.05, 4.69) is 22.9 Å². The lowest BCUT2D eigenvalue weighted by Gasteiger charge is -2.09. The van der Waals surface area contributed by atoms with E-state index >= 15 is 0 Å². The van der Waals surface area contributed by atoms with Gasteiger partial charge >= 0.3 is 13.3 Å². The molecule has 312 valence electrons. The number of rotatable bonds is 9. The van der Waals surface area contributed by atoms with Gasteiger partial charge in [0.15, 0.2) is 11.6 Å². The number of aryl methyl sites for hydroxylation is 1. The van der Waals surface area contributed by atoms with Crippen LogP contribution in [0.2, 0.25) is 10.0 Å². The van der Waals surface area contributed by atoms with Gasteiger partial charge in [-0.15, -0.1) is 0 Å². The monoisotopic (exact) mass is 962 g/mol. The van der Waals surface area contributed by atoms with Crippen LogP contribution in [0, 0.1) is 0 Å². The second-order valence-electron chi connectivity index (χ2n) is 12.7. The quantitative estimate of drug-likeness (QED) is 0.0832. The first-order valence-corrected chi connectivity index (χ1v) is 21.9. The Morgan fingerprint density at radius 1 is 0.617 bits per heavy atom. The summed E-state index contributed by atoms with van der Waals surface area (Å²) < 4.78 is 84.7. The van der Waals surface area contributed by atoms with Crippen LogP contribution in [-0.4, -0.2) is 45.6 Å². The van der Waals surface area contributed by atoms with E-state index in [0.717, 1.165) is 29.1 Å². The standard InChI is InChI=1S/C20H13ClF3NO3S.C13H9BrClNO3S.C8H11BO2/c21-17-10-7-15(11-18(17)29(25,27)28)19(26)14-3-1-12(2-4-14)13-5-8-16(9-6-13)20(22,23)24;14-10-4-1-8(2-5-10)13(17)9-3-6-11(15)12(7-9)20(16,18)19;1-2-7-3-5-8(6-4-7)9(10)11/h1-11H,(H2,25,27,28);1-7H,(H2,16,18,19);3-6,10-11H,2H2,1H3. The second-order valence-corrected chi connectivity index (χ2v) is 17.5. The number of nitrogens with two attached hydrogens (primary N) is 2. The van der Waals surface area contributed by atoms with Crippen LogP contribution in [0.25, 0.3) is 11.1 Å². The first-order valence-electron chi connectivity index (χ1n) is 17.2. The third kappa shape index (κ3) is 13.2. The summed E-state index contributed by atoms with van der Waals surface area (Å²) in [7, 11) is -9.41. The maximum Gasteiger partial charge on any atom is 0.488 e.